The first kappa shape index (κ1) is 23.3. The molecule has 0 aliphatic carbocycles. The van der Waals surface area contributed by atoms with E-state index in [9.17, 15) is 0 Å². The van der Waals surface area contributed by atoms with Crippen molar-refractivity contribution in [1.82, 2.24) is 14.9 Å². The van der Waals surface area contributed by atoms with Crippen molar-refractivity contribution in [3.8, 4) is 5.75 Å². The lowest BCUT2D eigenvalue weighted by molar-refractivity contribution is 0.402. The summed E-state index contributed by atoms with van der Waals surface area (Å²) < 4.78 is 6.87. The lowest BCUT2D eigenvalue weighted by Crippen LogP contribution is -2.10. The number of nitrogens with zero attached hydrogens (tertiary/aromatic N) is 3. The molecule has 0 aromatic carbocycles. The van der Waals surface area contributed by atoms with E-state index in [0.29, 0.717) is 0 Å². The minimum atomic E-state index is 0. The molecular formula is C16H25Br2N3O. The highest BCUT2D eigenvalue weighted by Gasteiger charge is 1.95. The van der Waals surface area contributed by atoms with E-state index in [2.05, 4.69) is 52.8 Å². The number of hydrogen-bond donors (Lipinski definition) is 0. The summed E-state index contributed by atoms with van der Waals surface area (Å²) in [7, 11) is 5.70. The second kappa shape index (κ2) is 12.6. The second-order valence-corrected chi connectivity index (χ2v) is 6.12. The van der Waals surface area contributed by atoms with E-state index < -0.39 is 0 Å². The van der Waals surface area contributed by atoms with Gasteiger partial charge in [-0.15, -0.1) is 0 Å². The van der Waals surface area contributed by atoms with Gasteiger partial charge in [0.1, 0.15) is 5.75 Å². The fourth-order valence-electron chi connectivity index (χ4n) is 1.41. The van der Waals surface area contributed by atoms with Gasteiger partial charge in [-0.1, -0.05) is 14.9 Å². The van der Waals surface area contributed by atoms with E-state index >= 15 is 0 Å². The molecule has 124 valence electrons. The summed E-state index contributed by atoms with van der Waals surface area (Å²) in [5, 5.41) is 0. The smallest absolute Gasteiger partial charge is 0.138 e. The maximum absolute atomic E-state index is 4.90. The lowest BCUT2D eigenvalue weighted by atomic mass is 10.3. The van der Waals surface area contributed by atoms with Gasteiger partial charge in [-0.3, -0.25) is 9.97 Å². The Hall–Kier alpha value is -0.980. The molecule has 0 radical (unpaired) electrons. The van der Waals surface area contributed by atoms with Gasteiger partial charge in [-0.05, 0) is 63.7 Å². The van der Waals surface area contributed by atoms with Crippen molar-refractivity contribution in [3.05, 3.63) is 51.4 Å². The summed E-state index contributed by atoms with van der Waals surface area (Å²) in [6.07, 6.45) is 7.04. The molecule has 0 aliphatic rings. The molecule has 0 unspecified atom stereocenters. The molecule has 0 fully saturated rings. The SMILES string of the molecule is C.C.CN(C)Cc1cncc(Br)c1.COc1cncc(Br)c1. The molecule has 0 aliphatic heterocycles. The maximum Gasteiger partial charge on any atom is 0.138 e. The average molecular weight is 435 g/mol. The first-order valence-corrected chi connectivity index (χ1v) is 7.48. The van der Waals surface area contributed by atoms with Crippen LogP contribution in [0.3, 0.4) is 0 Å². The number of halogens is 2. The fourth-order valence-corrected chi connectivity index (χ4v) is 2.17. The molecule has 0 saturated heterocycles. The molecule has 4 nitrogen and oxygen atoms in total. The highest BCUT2D eigenvalue weighted by atomic mass is 79.9. The van der Waals surface area contributed by atoms with Crippen LogP contribution in [0.1, 0.15) is 20.4 Å². The largest absolute Gasteiger partial charge is 0.495 e. The van der Waals surface area contributed by atoms with Crippen molar-refractivity contribution in [1.29, 1.82) is 0 Å². The van der Waals surface area contributed by atoms with Crippen molar-refractivity contribution in [2.45, 2.75) is 21.4 Å². The number of hydrogen-bond acceptors (Lipinski definition) is 4. The van der Waals surface area contributed by atoms with Crippen LogP contribution in [0, 0.1) is 0 Å². The van der Waals surface area contributed by atoms with E-state index in [-0.39, 0.29) is 14.9 Å². The molecule has 0 bridgehead atoms. The van der Waals surface area contributed by atoms with Crippen molar-refractivity contribution < 1.29 is 4.74 Å². The Bertz CT molecular complexity index is 536. The van der Waals surface area contributed by atoms with Crippen molar-refractivity contribution in [3.63, 3.8) is 0 Å². The topological polar surface area (TPSA) is 38.2 Å². The molecule has 2 rings (SSSR count). The van der Waals surface area contributed by atoms with E-state index in [1.807, 2.05) is 26.4 Å². The van der Waals surface area contributed by atoms with E-state index in [4.69, 9.17) is 4.74 Å². The van der Waals surface area contributed by atoms with Gasteiger partial charge in [-0.25, -0.2) is 0 Å². The molecule has 0 atom stereocenters. The van der Waals surface area contributed by atoms with Gasteiger partial charge in [-0.2, -0.15) is 0 Å². The Morgan fingerprint density at radius 1 is 0.955 bits per heavy atom. The zero-order valence-electron chi connectivity index (χ0n) is 11.7. The Morgan fingerprint density at radius 3 is 1.91 bits per heavy atom. The van der Waals surface area contributed by atoms with Gasteiger partial charge in [0.25, 0.3) is 0 Å². The fraction of sp³-hybridized carbons (Fsp3) is 0.375. The third-order valence-corrected chi connectivity index (χ3v) is 3.04. The standard InChI is InChI=1S/C8H11BrN2.C6H6BrNO.2CH4/c1-11(2)6-7-3-8(9)5-10-4-7;1-9-6-2-5(7)3-8-4-6;;/h3-5H,6H2,1-2H3;2-4H,1H3;2*1H4. The number of methoxy groups -OCH3 is 1. The molecule has 2 aromatic rings. The van der Waals surface area contributed by atoms with Crippen LogP contribution in [-0.2, 0) is 6.54 Å². The summed E-state index contributed by atoms with van der Waals surface area (Å²) in [6.45, 7) is 0.937. The zero-order chi connectivity index (χ0) is 15.0. The first-order chi connectivity index (χ1) is 9.51. The minimum Gasteiger partial charge on any atom is -0.495 e. The molecule has 2 heterocycles. The third-order valence-electron chi connectivity index (χ3n) is 2.18. The van der Waals surface area contributed by atoms with Gasteiger partial charge in [0.2, 0.25) is 0 Å². The predicted octanol–water partition coefficient (Wildman–Crippen LogP) is 5.03. The van der Waals surface area contributed by atoms with Gasteiger partial charge in [0, 0.05) is 34.1 Å². The molecule has 0 spiro atoms. The number of ether oxygens (including phenoxy) is 1. The van der Waals surface area contributed by atoms with Crippen LogP contribution in [-0.4, -0.2) is 36.1 Å². The highest BCUT2D eigenvalue weighted by molar-refractivity contribution is 9.10. The van der Waals surface area contributed by atoms with Crippen LogP contribution in [0.2, 0.25) is 0 Å². The summed E-state index contributed by atoms with van der Waals surface area (Å²) in [6, 6.07) is 3.93. The Kier molecular flexibility index (Phi) is 13.3. The van der Waals surface area contributed by atoms with Crippen LogP contribution >= 0.6 is 31.9 Å². The van der Waals surface area contributed by atoms with Crippen molar-refractivity contribution >= 4 is 31.9 Å². The first-order valence-electron chi connectivity index (χ1n) is 5.90. The monoisotopic (exact) mass is 433 g/mol. The molecule has 22 heavy (non-hydrogen) atoms. The second-order valence-electron chi connectivity index (χ2n) is 4.29. The summed E-state index contributed by atoms with van der Waals surface area (Å²) in [5.41, 5.74) is 1.23. The lowest BCUT2D eigenvalue weighted by Gasteiger charge is -2.08. The molecule has 0 amide bonds. The van der Waals surface area contributed by atoms with E-state index in [1.165, 1.54) is 5.56 Å². The summed E-state index contributed by atoms with van der Waals surface area (Å²) in [4.78, 5) is 10.1. The van der Waals surface area contributed by atoms with Gasteiger partial charge in [0.05, 0.1) is 13.3 Å². The average Bonchev–Trinajstić information content (AvgIpc) is 2.38. The maximum atomic E-state index is 4.90. The van der Waals surface area contributed by atoms with Crippen LogP contribution in [0.25, 0.3) is 0 Å². The molecule has 0 N–H and O–H groups in total. The predicted molar refractivity (Wildman–Crippen MR) is 101 cm³/mol. The quantitative estimate of drug-likeness (QED) is 0.678. The van der Waals surface area contributed by atoms with Crippen molar-refractivity contribution in [2.24, 2.45) is 0 Å². The highest BCUT2D eigenvalue weighted by Crippen LogP contribution is 2.14. The van der Waals surface area contributed by atoms with E-state index in [1.54, 1.807) is 25.7 Å². The zero-order valence-corrected chi connectivity index (χ0v) is 14.8. The van der Waals surface area contributed by atoms with Crippen LogP contribution in [0.4, 0.5) is 0 Å². The van der Waals surface area contributed by atoms with Crippen LogP contribution in [0.5, 0.6) is 5.75 Å². The minimum absolute atomic E-state index is 0. The number of aromatic nitrogens is 2. The molecular weight excluding hydrogens is 410 g/mol. The molecule has 2 aromatic heterocycles. The summed E-state index contributed by atoms with van der Waals surface area (Å²) >= 11 is 6.63. The van der Waals surface area contributed by atoms with Gasteiger partial charge >= 0.3 is 0 Å². The number of rotatable bonds is 3. The Balaban J connectivity index is 0. The normalized spacial score (nSPS) is 9.00. The van der Waals surface area contributed by atoms with Gasteiger partial charge in [0.15, 0.2) is 0 Å². The molecule has 0 saturated carbocycles. The van der Waals surface area contributed by atoms with E-state index in [0.717, 1.165) is 21.2 Å². The molecule has 6 heteroatoms. The van der Waals surface area contributed by atoms with Gasteiger partial charge < -0.3 is 9.64 Å². The third kappa shape index (κ3) is 9.87. The Labute approximate surface area is 151 Å². The van der Waals surface area contributed by atoms with Crippen LogP contribution < -0.4 is 4.74 Å². The van der Waals surface area contributed by atoms with Crippen molar-refractivity contribution in [2.75, 3.05) is 21.2 Å². The summed E-state index contributed by atoms with van der Waals surface area (Å²) in [5.74, 6) is 0.768. The van der Waals surface area contributed by atoms with Crippen LogP contribution in [0.15, 0.2) is 45.9 Å². The number of pyridine rings is 2. The Morgan fingerprint density at radius 2 is 1.50 bits per heavy atom.